The molecule has 4 heteroatoms. The molecule has 1 aliphatic rings. The van der Waals surface area contributed by atoms with Gasteiger partial charge >= 0.3 is 0 Å². The van der Waals surface area contributed by atoms with Gasteiger partial charge in [0, 0.05) is 12.1 Å². The third-order valence-corrected chi connectivity index (χ3v) is 5.31. The summed E-state index contributed by atoms with van der Waals surface area (Å²) in [5.41, 5.74) is 2.45. The van der Waals surface area contributed by atoms with Gasteiger partial charge in [0.15, 0.2) is 9.84 Å². The summed E-state index contributed by atoms with van der Waals surface area (Å²) in [4.78, 5) is 0. The van der Waals surface area contributed by atoms with Gasteiger partial charge in [-0.1, -0.05) is 29.8 Å². The van der Waals surface area contributed by atoms with Gasteiger partial charge in [-0.2, -0.15) is 0 Å². The van der Waals surface area contributed by atoms with Crippen LogP contribution in [-0.2, 0) is 9.84 Å². The average molecular weight is 267 g/mol. The molecule has 0 radical (unpaired) electrons. The number of aryl methyl sites for hydroxylation is 1. The van der Waals surface area contributed by atoms with Crippen molar-refractivity contribution in [1.29, 1.82) is 0 Å². The van der Waals surface area contributed by atoms with Crippen molar-refractivity contribution in [2.75, 3.05) is 11.5 Å². The summed E-state index contributed by atoms with van der Waals surface area (Å²) < 4.78 is 23.2. The van der Waals surface area contributed by atoms with E-state index in [0.29, 0.717) is 5.75 Å². The van der Waals surface area contributed by atoms with Crippen molar-refractivity contribution < 1.29 is 8.42 Å². The highest BCUT2D eigenvalue weighted by molar-refractivity contribution is 7.91. The second kappa shape index (κ2) is 5.41. The summed E-state index contributed by atoms with van der Waals surface area (Å²) >= 11 is 0. The third kappa shape index (κ3) is 3.56. The summed E-state index contributed by atoms with van der Waals surface area (Å²) in [6, 6.07) is 8.64. The molecule has 0 spiro atoms. The monoisotopic (exact) mass is 267 g/mol. The molecule has 1 N–H and O–H groups in total. The Labute approximate surface area is 110 Å². The molecule has 0 aromatic heterocycles. The van der Waals surface area contributed by atoms with E-state index in [1.807, 2.05) is 6.07 Å². The van der Waals surface area contributed by atoms with E-state index in [9.17, 15) is 8.42 Å². The van der Waals surface area contributed by atoms with Crippen molar-refractivity contribution in [2.45, 2.75) is 38.8 Å². The van der Waals surface area contributed by atoms with Gasteiger partial charge in [-0.25, -0.2) is 8.42 Å². The minimum atomic E-state index is -2.83. The van der Waals surface area contributed by atoms with Crippen molar-refractivity contribution in [3.05, 3.63) is 35.4 Å². The van der Waals surface area contributed by atoms with Crippen LogP contribution < -0.4 is 5.32 Å². The highest BCUT2D eigenvalue weighted by atomic mass is 32.2. The summed E-state index contributed by atoms with van der Waals surface area (Å²) in [6.07, 6.45) is 1.73. The van der Waals surface area contributed by atoms with Gasteiger partial charge in [0.2, 0.25) is 0 Å². The zero-order valence-electron chi connectivity index (χ0n) is 11.0. The molecule has 1 aliphatic heterocycles. The molecule has 2 rings (SSSR count). The average Bonchev–Trinajstić information content (AvgIpc) is 2.27. The standard InChI is InChI=1S/C14H21NO2S/c1-11-5-3-6-13(9-11)12(2)15-14-7-4-8-18(16,17)10-14/h3,5-6,9,12,14-15H,4,7-8,10H2,1-2H3/t12-,14?/m1/s1. The van der Waals surface area contributed by atoms with Gasteiger partial charge in [0.1, 0.15) is 0 Å². The van der Waals surface area contributed by atoms with Gasteiger partial charge < -0.3 is 5.32 Å². The fraction of sp³-hybridized carbons (Fsp3) is 0.571. The fourth-order valence-electron chi connectivity index (χ4n) is 2.54. The molecule has 1 saturated heterocycles. The first kappa shape index (κ1) is 13.6. The van der Waals surface area contributed by atoms with E-state index in [0.717, 1.165) is 12.8 Å². The molecular formula is C14H21NO2S. The SMILES string of the molecule is Cc1cccc([C@@H](C)NC2CCCS(=O)(=O)C2)c1. The molecule has 2 atom stereocenters. The Morgan fingerprint density at radius 2 is 2.17 bits per heavy atom. The van der Waals surface area contributed by atoms with Crippen molar-refractivity contribution in [3.8, 4) is 0 Å². The predicted octanol–water partition coefficient (Wildman–Crippen LogP) is 2.22. The van der Waals surface area contributed by atoms with E-state index in [4.69, 9.17) is 0 Å². The number of benzene rings is 1. The molecule has 0 saturated carbocycles. The first-order chi connectivity index (χ1) is 8.46. The van der Waals surface area contributed by atoms with E-state index in [2.05, 4.69) is 37.4 Å². The van der Waals surface area contributed by atoms with Gasteiger partial charge in [-0.3, -0.25) is 0 Å². The lowest BCUT2D eigenvalue weighted by molar-refractivity contribution is 0.437. The van der Waals surface area contributed by atoms with Crippen molar-refractivity contribution in [1.82, 2.24) is 5.32 Å². The van der Waals surface area contributed by atoms with Crippen LogP contribution in [0.5, 0.6) is 0 Å². The minimum Gasteiger partial charge on any atom is -0.306 e. The number of hydrogen-bond donors (Lipinski definition) is 1. The van der Waals surface area contributed by atoms with Gasteiger partial charge in [-0.05, 0) is 32.3 Å². The molecule has 1 heterocycles. The number of nitrogens with one attached hydrogen (secondary N) is 1. The molecule has 1 aromatic rings. The maximum atomic E-state index is 11.6. The molecule has 3 nitrogen and oxygen atoms in total. The largest absolute Gasteiger partial charge is 0.306 e. The Kier molecular flexibility index (Phi) is 4.07. The van der Waals surface area contributed by atoms with Crippen LogP contribution in [0.4, 0.5) is 0 Å². The molecule has 0 bridgehead atoms. The summed E-state index contributed by atoms with van der Waals surface area (Å²) in [5.74, 6) is 0.632. The molecular weight excluding hydrogens is 246 g/mol. The van der Waals surface area contributed by atoms with E-state index in [1.54, 1.807) is 0 Å². The lowest BCUT2D eigenvalue weighted by Crippen LogP contribution is -2.41. The molecule has 100 valence electrons. The van der Waals surface area contributed by atoms with Gasteiger partial charge in [0.25, 0.3) is 0 Å². The fourth-order valence-corrected chi connectivity index (χ4v) is 4.19. The van der Waals surface area contributed by atoms with Crippen molar-refractivity contribution >= 4 is 9.84 Å². The van der Waals surface area contributed by atoms with E-state index >= 15 is 0 Å². The normalized spacial score (nSPS) is 24.7. The summed E-state index contributed by atoms with van der Waals surface area (Å²) in [6.45, 7) is 4.16. The zero-order valence-corrected chi connectivity index (χ0v) is 11.8. The van der Waals surface area contributed by atoms with Crippen molar-refractivity contribution in [3.63, 3.8) is 0 Å². The minimum absolute atomic E-state index is 0.0965. The first-order valence-electron chi connectivity index (χ1n) is 6.49. The molecule has 0 amide bonds. The van der Waals surface area contributed by atoms with Gasteiger partial charge in [-0.15, -0.1) is 0 Å². The van der Waals surface area contributed by atoms with Crippen LogP contribution >= 0.6 is 0 Å². The van der Waals surface area contributed by atoms with E-state index in [1.165, 1.54) is 11.1 Å². The summed E-state index contributed by atoms with van der Waals surface area (Å²) in [5, 5.41) is 3.44. The Hall–Kier alpha value is -0.870. The Bertz CT molecular complexity index is 510. The molecule has 18 heavy (non-hydrogen) atoms. The Morgan fingerprint density at radius 3 is 2.83 bits per heavy atom. The quantitative estimate of drug-likeness (QED) is 0.913. The van der Waals surface area contributed by atoms with Crippen molar-refractivity contribution in [2.24, 2.45) is 0 Å². The lowest BCUT2D eigenvalue weighted by atomic mass is 10.0. The van der Waals surface area contributed by atoms with Crippen LogP contribution in [0.2, 0.25) is 0 Å². The van der Waals surface area contributed by atoms with Gasteiger partial charge in [0.05, 0.1) is 11.5 Å². The molecule has 1 fully saturated rings. The van der Waals surface area contributed by atoms with Crippen LogP contribution in [0, 0.1) is 6.92 Å². The van der Waals surface area contributed by atoms with Crippen LogP contribution in [-0.4, -0.2) is 26.0 Å². The maximum Gasteiger partial charge on any atom is 0.151 e. The third-order valence-electron chi connectivity index (χ3n) is 3.49. The van der Waals surface area contributed by atoms with Crippen LogP contribution in [0.15, 0.2) is 24.3 Å². The smallest absolute Gasteiger partial charge is 0.151 e. The number of hydrogen-bond acceptors (Lipinski definition) is 3. The Morgan fingerprint density at radius 1 is 1.39 bits per heavy atom. The Balaban J connectivity index is 2.01. The van der Waals surface area contributed by atoms with Crippen LogP contribution in [0.3, 0.4) is 0 Å². The predicted molar refractivity (Wildman–Crippen MR) is 74.4 cm³/mol. The molecule has 1 unspecified atom stereocenters. The maximum absolute atomic E-state index is 11.6. The van der Waals surface area contributed by atoms with Crippen LogP contribution in [0.25, 0.3) is 0 Å². The molecule has 1 aromatic carbocycles. The first-order valence-corrected chi connectivity index (χ1v) is 8.31. The van der Waals surface area contributed by atoms with E-state index in [-0.39, 0.29) is 17.8 Å². The topological polar surface area (TPSA) is 46.2 Å². The number of rotatable bonds is 3. The number of sulfone groups is 1. The second-order valence-corrected chi connectivity index (χ2v) is 7.48. The zero-order chi connectivity index (χ0) is 13.2. The highest BCUT2D eigenvalue weighted by Crippen LogP contribution is 2.18. The summed E-state index contributed by atoms with van der Waals surface area (Å²) in [7, 11) is -2.83. The molecule has 0 aliphatic carbocycles. The lowest BCUT2D eigenvalue weighted by Gasteiger charge is -2.27. The highest BCUT2D eigenvalue weighted by Gasteiger charge is 2.25. The van der Waals surface area contributed by atoms with Crippen LogP contribution in [0.1, 0.15) is 36.9 Å². The second-order valence-electron chi connectivity index (χ2n) is 5.26. The van der Waals surface area contributed by atoms with E-state index < -0.39 is 9.84 Å².